The Labute approximate surface area is 176 Å². The Morgan fingerprint density at radius 1 is 1.17 bits per heavy atom. The SMILES string of the molecule is Cc1nc(N2CCC(C)CC2)c2c(C)c(C(=O)N(C)Cc3ccccc3)sc2n1. The molecule has 3 aromatic rings. The lowest BCUT2D eigenvalue weighted by Gasteiger charge is -2.31. The van der Waals surface area contributed by atoms with Crippen LogP contribution in [0.2, 0.25) is 0 Å². The van der Waals surface area contributed by atoms with Gasteiger partial charge in [-0.05, 0) is 43.7 Å². The number of carbonyl (C=O) groups excluding carboxylic acids is 1. The van der Waals surface area contributed by atoms with Crippen LogP contribution in [-0.4, -0.2) is 40.9 Å². The molecule has 5 nitrogen and oxygen atoms in total. The van der Waals surface area contributed by atoms with E-state index < -0.39 is 0 Å². The predicted molar refractivity (Wildman–Crippen MR) is 120 cm³/mol. The lowest BCUT2D eigenvalue weighted by atomic mass is 9.99. The number of fused-ring (bicyclic) bond motifs is 1. The second kappa shape index (κ2) is 8.11. The first kappa shape index (κ1) is 19.8. The molecule has 1 amide bonds. The second-order valence-corrected chi connectivity index (χ2v) is 9.15. The molecule has 4 rings (SSSR count). The van der Waals surface area contributed by atoms with Crippen LogP contribution in [0, 0.1) is 19.8 Å². The Morgan fingerprint density at radius 3 is 2.55 bits per heavy atom. The highest BCUT2D eigenvalue weighted by molar-refractivity contribution is 7.20. The summed E-state index contributed by atoms with van der Waals surface area (Å²) in [4.78, 5) is 28.5. The molecule has 152 valence electrons. The Hall–Kier alpha value is -2.47. The molecule has 1 aliphatic heterocycles. The number of anilines is 1. The van der Waals surface area contributed by atoms with Crippen LogP contribution in [0.3, 0.4) is 0 Å². The molecule has 2 aromatic heterocycles. The molecule has 29 heavy (non-hydrogen) atoms. The average Bonchev–Trinajstić information content (AvgIpc) is 3.04. The molecule has 1 fully saturated rings. The first-order chi connectivity index (χ1) is 13.9. The molecule has 0 saturated carbocycles. The maximum absolute atomic E-state index is 13.2. The molecule has 0 bridgehead atoms. The van der Waals surface area contributed by atoms with Gasteiger partial charge in [0.15, 0.2) is 0 Å². The lowest BCUT2D eigenvalue weighted by molar-refractivity contribution is 0.0789. The van der Waals surface area contributed by atoms with Crippen molar-refractivity contribution in [3.63, 3.8) is 0 Å². The molecule has 3 heterocycles. The Balaban J connectivity index is 1.68. The van der Waals surface area contributed by atoms with Crippen LogP contribution < -0.4 is 4.90 Å². The zero-order chi connectivity index (χ0) is 20.5. The van der Waals surface area contributed by atoms with Crippen molar-refractivity contribution in [2.24, 2.45) is 5.92 Å². The lowest BCUT2D eigenvalue weighted by Crippen LogP contribution is -2.33. The average molecular weight is 409 g/mol. The first-order valence-electron chi connectivity index (χ1n) is 10.3. The van der Waals surface area contributed by atoms with Gasteiger partial charge in [-0.3, -0.25) is 4.79 Å². The number of carbonyl (C=O) groups is 1. The molecule has 1 aromatic carbocycles. The van der Waals surface area contributed by atoms with E-state index in [0.717, 1.165) is 56.9 Å². The highest BCUT2D eigenvalue weighted by atomic mass is 32.1. The van der Waals surface area contributed by atoms with Crippen LogP contribution in [0.15, 0.2) is 30.3 Å². The topological polar surface area (TPSA) is 49.3 Å². The molecule has 1 aliphatic rings. The van der Waals surface area contributed by atoms with E-state index in [-0.39, 0.29) is 5.91 Å². The van der Waals surface area contributed by atoms with Crippen molar-refractivity contribution in [3.8, 4) is 0 Å². The Kier molecular flexibility index (Phi) is 5.54. The molecule has 1 saturated heterocycles. The minimum absolute atomic E-state index is 0.0465. The van der Waals surface area contributed by atoms with Crippen LogP contribution in [0.1, 0.15) is 46.4 Å². The van der Waals surface area contributed by atoms with Crippen LogP contribution >= 0.6 is 11.3 Å². The minimum atomic E-state index is 0.0465. The summed E-state index contributed by atoms with van der Waals surface area (Å²) in [6.45, 7) is 8.91. The Morgan fingerprint density at radius 2 is 1.86 bits per heavy atom. The maximum Gasteiger partial charge on any atom is 0.264 e. The van der Waals surface area contributed by atoms with Gasteiger partial charge in [0.2, 0.25) is 0 Å². The third kappa shape index (κ3) is 3.99. The van der Waals surface area contributed by atoms with Crippen molar-refractivity contribution in [1.29, 1.82) is 0 Å². The van der Waals surface area contributed by atoms with E-state index in [2.05, 4.69) is 16.8 Å². The van der Waals surface area contributed by atoms with E-state index in [1.165, 1.54) is 24.2 Å². The highest BCUT2D eigenvalue weighted by Gasteiger charge is 2.26. The standard InChI is InChI=1S/C23H28N4OS/c1-15-10-12-27(13-11-15)21-19-16(2)20(29-22(19)25-17(3)24-21)23(28)26(4)14-18-8-6-5-7-9-18/h5-9,15H,10-14H2,1-4H3. The molecule has 0 unspecified atom stereocenters. The summed E-state index contributed by atoms with van der Waals surface area (Å²) in [5, 5.41) is 1.05. The summed E-state index contributed by atoms with van der Waals surface area (Å²) in [5.74, 6) is 2.57. The van der Waals surface area contributed by atoms with Gasteiger partial charge >= 0.3 is 0 Å². The second-order valence-electron chi connectivity index (χ2n) is 8.15. The van der Waals surface area contributed by atoms with Gasteiger partial charge in [-0.15, -0.1) is 11.3 Å². The van der Waals surface area contributed by atoms with Gasteiger partial charge in [0.1, 0.15) is 16.5 Å². The fourth-order valence-corrected chi connectivity index (χ4v) is 5.19. The third-order valence-electron chi connectivity index (χ3n) is 5.77. The van der Waals surface area contributed by atoms with Gasteiger partial charge in [-0.25, -0.2) is 9.97 Å². The number of piperidine rings is 1. The number of rotatable bonds is 4. The van der Waals surface area contributed by atoms with Gasteiger partial charge in [0.05, 0.1) is 10.3 Å². The molecule has 0 spiro atoms. The summed E-state index contributed by atoms with van der Waals surface area (Å²) < 4.78 is 0. The summed E-state index contributed by atoms with van der Waals surface area (Å²) >= 11 is 1.49. The highest BCUT2D eigenvalue weighted by Crippen LogP contribution is 2.37. The van der Waals surface area contributed by atoms with Crippen LogP contribution in [0.4, 0.5) is 5.82 Å². The summed E-state index contributed by atoms with van der Waals surface area (Å²) in [6.07, 6.45) is 2.36. The first-order valence-corrected chi connectivity index (χ1v) is 11.1. The van der Waals surface area contributed by atoms with Gasteiger partial charge in [0.25, 0.3) is 5.91 Å². The van der Waals surface area contributed by atoms with E-state index in [1.807, 2.05) is 51.2 Å². The normalized spacial score (nSPS) is 15.1. The number of aryl methyl sites for hydroxylation is 2. The van der Waals surface area contributed by atoms with Crippen molar-refractivity contribution in [2.45, 2.75) is 40.2 Å². The van der Waals surface area contributed by atoms with Crippen molar-refractivity contribution >= 4 is 33.3 Å². The number of amides is 1. The number of hydrogen-bond donors (Lipinski definition) is 0. The van der Waals surface area contributed by atoms with Crippen molar-refractivity contribution in [2.75, 3.05) is 25.0 Å². The van der Waals surface area contributed by atoms with Crippen molar-refractivity contribution < 1.29 is 4.79 Å². The summed E-state index contributed by atoms with van der Waals surface area (Å²) in [7, 11) is 1.86. The number of aromatic nitrogens is 2. The van der Waals surface area contributed by atoms with Gasteiger partial charge in [0, 0.05) is 26.7 Å². The molecule has 0 radical (unpaired) electrons. The molecular weight excluding hydrogens is 380 g/mol. The Bertz CT molecular complexity index is 1020. The number of nitrogens with zero attached hydrogens (tertiary/aromatic N) is 4. The van der Waals surface area contributed by atoms with Crippen LogP contribution in [0.5, 0.6) is 0 Å². The van der Waals surface area contributed by atoms with Crippen LogP contribution in [0.25, 0.3) is 10.2 Å². The largest absolute Gasteiger partial charge is 0.356 e. The zero-order valence-corrected chi connectivity index (χ0v) is 18.4. The zero-order valence-electron chi connectivity index (χ0n) is 17.6. The molecule has 0 atom stereocenters. The fraction of sp³-hybridized carbons (Fsp3) is 0.435. The molecule has 0 aliphatic carbocycles. The van der Waals surface area contributed by atoms with Gasteiger partial charge in [-0.2, -0.15) is 0 Å². The van der Waals surface area contributed by atoms with Crippen molar-refractivity contribution in [1.82, 2.24) is 14.9 Å². The maximum atomic E-state index is 13.2. The quantitative estimate of drug-likeness (QED) is 0.621. The molecule has 6 heteroatoms. The summed E-state index contributed by atoms with van der Waals surface area (Å²) in [6, 6.07) is 10.1. The van der Waals surface area contributed by atoms with Gasteiger partial charge < -0.3 is 9.80 Å². The van der Waals surface area contributed by atoms with E-state index in [0.29, 0.717) is 6.54 Å². The van der Waals surface area contributed by atoms with E-state index in [1.54, 1.807) is 4.90 Å². The van der Waals surface area contributed by atoms with Crippen LogP contribution in [-0.2, 0) is 6.54 Å². The minimum Gasteiger partial charge on any atom is -0.356 e. The van der Waals surface area contributed by atoms with E-state index in [4.69, 9.17) is 4.98 Å². The third-order valence-corrected chi connectivity index (χ3v) is 6.94. The molecular formula is C23H28N4OS. The number of benzene rings is 1. The van der Waals surface area contributed by atoms with E-state index >= 15 is 0 Å². The number of thiophene rings is 1. The fourth-order valence-electron chi connectivity index (χ4n) is 3.98. The van der Waals surface area contributed by atoms with E-state index in [9.17, 15) is 4.79 Å². The molecule has 0 N–H and O–H groups in total. The number of hydrogen-bond acceptors (Lipinski definition) is 5. The van der Waals surface area contributed by atoms with Gasteiger partial charge in [-0.1, -0.05) is 37.3 Å². The monoisotopic (exact) mass is 408 g/mol. The van der Waals surface area contributed by atoms with Crippen molar-refractivity contribution in [3.05, 3.63) is 52.2 Å². The summed E-state index contributed by atoms with van der Waals surface area (Å²) in [5.41, 5.74) is 2.13. The smallest absolute Gasteiger partial charge is 0.264 e. The predicted octanol–water partition coefficient (Wildman–Crippen LogP) is 4.82.